The van der Waals surface area contributed by atoms with Gasteiger partial charge in [-0.1, -0.05) is 44.0 Å². The zero-order valence-corrected chi connectivity index (χ0v) is 12.7. The molecule has 0 radical (unpaired) electrons. The summed E-state index contributed by atoms with van der Waals surface area (Å²) >= 11 is 0. The first kappa shape index (κ1) is 15.5. The second-order valence-electron chi connectivity index (χ2n) is 5.75. The lowest BCUT2D eigenvalue weighted by Crippen LogP contribution is -2.31. The molecule has 112 valence electrons. The van der Waals surface area contributed by atoms with Gasteiger partial charge in [-0.15, -0.1) is 0 Å². The van der Waals surface area contributed by atoms with E-state index in [1.807, 2.05) is 0 Å². The van der Waals surface area contributed by atoms with Gasteiger partial charge >= 0.3 is 0 Å². The summed E-state index contributed by atoms with van der Waals surface area (Å²) in [5.41, 5.74) is 1.45. The van der Waals surface area contributed by atoms with Crippen LogP contribution in [0.2, 0.25) is 0 Å². The second-order valence-corrected chi connectivity index (χ2v) is 7.56. The van der Waals surface area contributed by atoms with Gasteiger partial charge in [-0.3, -0.25) is 0 Å². The van der Waals surface area contributed by atoms with Crippen LogP contribution < -0.4 is 4.72 Å². The van der Waals surface area contributed by atoms with Crippen molar-refractivity contribution in [2.45, 2.75) is 38.5 Å². The molecular formula is C15H23NO3S. The van der Waals surface area contributed by atoms with Gasteiger partial charge < -0.3 is 5.11 Å². The minimum atomic E-state index is -3.30. The van der Waals surface area contributed by atoms with Gasteiger partial charge in [0.05, 0.1) is 12.4 Å². The maximum Gasteiger partial charge on any atom is 0.215 e. The number of sulfonamides is 1. The predicted molar refractivity (Wildman–Crippen MR) is 79.5 cm³/mol. The highest BCUT2D eigenvalue weighted by Crippen LogP contribution is 2.30. The topological polar surface area (TPSA) is 66.4 Å². The van der Waals surface area contributed by atoms with Crippen LogP contribution in [0.25, 0.3) is 0 Å². The van der Waals surface area contributed by atoms with E-state index < -0.39 is 10.0 Å². The lowest BCUT2D eigenvalue weighted by atomic mass is 9.99. The Balaban J connectivity index is 1.93. The van der Waals surface area contributed by atoms with E-state index in [2.05, 4.69) is 11.6 Å². The molecule has 2 rings (SSSR count). The summed E-state index contributed by atoms with van der Waals surface area (Å²) in [6.07, 6.45) is 3.51. The number of rotatable bonds is 6. The van der Waals surface area contributed by atoms with E-state index in [-0.39, 0.29) is 12.4 Å². The Hall–Kier alpha value is -0.910. The van der Waals surface area contributed by atoms with Crippen molar-refractivity contribution in [3.05, 3.63) is 35.4 Å². The van der Waals surface area contributed by atoms with Crippen molar-refractivity contribution in [2.24, 2.45) is 11.8 Å². The molecule has 0 bridgehead atoms. The summed E-state index contributed by atoms with van der Waals surface area (Å²) < 4.78 is 26.9. The van der Waals surface area contributed by atoms with Crippen LogP contribution >= 0.6 is 0 Å². The number of aliphatic hydroxyl groups excluding tert-OH is 1. The first-order valence-electron chi connectivity index (χ1n) is 7.16. The predicted octanol–water partition coefficient (Wildman–Crippen LogP) is 2.03. The smallest absolute Gasteiger partial charge is 0.215 e. The molecule has 1 fully saturated rings. The molecule has 0 heterocycles. The molecule has 1 aliphatic carbocycles. The third kappa shape index (κ3) is 4.30. The molecule has 1 saturated carbocycles. The van der Waals surface area contributed by atoms with E-state index in [1.165, 1.54) is 12.8 Å². The lowest BCUT2D eigenvalue weighted by molar-refractivity contribution is 0.282. The fourth-order valence-corrected chi connectivity index (χ4v) is 4.04. The van der Waals surface area contributed by atoms with Crippen molar-refractivity contribution >= 4 is 10.0 Å². The van der Waals surface area contributed by atoms with Gasteiger partial charge in [0.15, 0.2) is 0 Å². The van der Waals surface area contributed by atoms with E-state index in [0.29, 0.717) is 23.9 Å². The summed E-state index contributed by atoms with van der Waals surface area (Å²) in [5, 5.41) is 9.07. The van der Waals surface area contributed by atoms with E-state index in [4.69, 9.17) is 5.11 Å². The van der Waals surface area contributed by atoms with Crippen LogP contribution in [0.4, 0.5) is 0 Å². The molecule has 0 aliphatic heterocycles. The van der Waals surface area contributed by atoms with Crippen molar-refractivity contribution < 1.29 is 13.5 Å². The molecule has 1 aliphatic rings. The first-order chi connectivity index (χ1) is 9.50. The van der Waals surface area contributed by atoms with Crippen molar-refractivity contribution in [2.75, 3.05) is 6.54 Å². The SMILES string of the molecule is CC1CCCC1CNS(=O)(=O)Cc1cccc(CO)c1. The Morgan fingerprint density at radius 1 is 1.30 bits per heavy atom. The number of nitrogens with one attached hydrogen (secondary N) is 1. The lowest BCUT2D eigenvalue weighted by Gasteiger charge is -2.16. The molecule has 2 unspecified atom stereocenters. The highest BCUT2D eigenvalue weighted by atomic mass is 32.2. The Morgan fingerprint density at radius 2 is 2.05 bits per heavy atom. The van der Waals surface area contributed by atoms with Gasteiger partial charge in [0.25, 0.3) is 0 Å². The third-order valence-corrected chi connectivity index (χ3v) is 5.46. The molecule has 20 heavy (non-hydrogen) atoms. The average molecular weight is 297 g/mol. The molecule has 0 saturated heterocycles. The van der Waals surface area contributed by atoms with Crippen molar-refractivity contribution in [1.29, 1.82) is 0 Å². The summed E-state index contributed by atoms with van der Waals surface area (Å²) in [4.78, 5) is 0. The summed E-state index contributed by atoms with van der Waals surface area (Å²) in [6.45, 7) is 2.67. The second kappa shape index (κ2) is 6.70. The normalized spacial score (nSPS) is 23.1. The maximum absolute atomic E-state index is 12.1. The molecule has 0 amide bonds. The Bertz CT molecular complexity index is 542. The first-order valence-corrected chi connectivity index (χ1v) is 8.81. The molecule has 0 spiro atoms. The quantitative estimate of drug-likeness (QED) is 0.844. The van der Waals surface area contributed by atoms with Crippen LogP contribution in [0.15, 0.2) is 24.3 Å². The van der Waals surface area contributed by atoms with Crippen LogP contribution in [0.3, 0.4) is 0 Å². The molecule has 2 atom stereocenters. The van der Waals surface area contributed by atoms with Gasteiger partial charge in [0.1, 0.15) is 0 Å². The molecule has 5 heteroatoms. The zero-order chi connectivity index (χ0) is 14.6. The number of hydrogen-bond acceptors (Lipinski definition) is 3. The minimum Gasteiger partial charge on any atom is -0.392 e. The fraction of sp³-hybridized carbons (Fsp3) is 0.600. The van der Waals surface area contributed by atoms with Gasteiger partial charge in [-0.2, -0.15) is 0 Å². The maximum atomic E-state index is 12.1. The molecule has 0 aromatic heterocycles. The van der Waals surface area contributed by atoms with Crippen LogP contribution in [0.5, 0.6) is 0 Å². The third-order valence-electron chi connectivity index (χ3n) is 4.14. The van der Waals surface area contributed by atoms with Crippen molar-refractivity contribution in [3.63, 3.8) is 0 Å². The average Bonchev–Trinajstić information content (AvgIpc) is 2.82. The highest BCUT2D eigenvalue weighted by molar-refractivity contribution is 7.88. The number of aliphatic hydroxyl groups is 1. The van der Waals surface area contributed by atoms with Crippen molar-refractivity contribution in [3.8, 4) is 0 Å². The van der Waals surface area contributed by atoms with Crippen LogP contribution in [-0.4, -0.2) is 20.1 Å². The molecule has 2 N–H and O–H groups in total. The molecule has 1 aromatic rings. The number of benzene rings is 1. The van der Waals surface area contributed by atoms with E-state index in [9.17, 15) is 8.42 Å². The molecular weight excluding hydrogens is 274 g/mol. The van der Waals surface area contributed by atoms with Crippen LogP contribution in [0, 0.1) is 11.8 Å². The summed E-state index contributed by atoms with van der Waals surface area (Å²) in [7, 11) is -3.30. The monoisotopic (exact) mass is 297 g/mol. The Morgan fingerprint density at radius 3 is 2.70 bits per heavy atom. The minimum absolute atomic E-state index is 0.0259. The van der Waals surface area contributed by atoms with Crippen LogP contribution in [-0.2, 0) is 22.4 Å². The Kier molecular flexibility index (Phi) is 5.18. The van der Waals surface area contributed by atoms with Crippen LogP contribution in [0.1, 0.15) is 37.3 Å². The van der Waals surface area contributed by atoms with E-state index in [1.54, 1.807) is 24.3 Å². The van der Waals surface area contributed by atoms with Gasteiger partial charge in [0.2, 0.25) is 10.0 Å². The summed E-state index contributed by atoms with van der Waals surface area (Å²) in [6, 6.07) is 7.06. The summed E-state index contributed by atoms with van der Waals surface area (Å²) in [5.74, 6) is 1.05. The Labute approximate surface area is 121 Å². The number of hydrogen-bond donors (Lipinski definition) is 2. The zero-order valence-electron chi connectivity index (χ0n) is 11.9. The molecule has 4 nitrogen and oxygen atoms in total. The van der Waals surface area contributed by atoms with E-state index in [0.717, 1.165) is 12.0 Å². The van der Waals surface area contributed by atoms with Gasteiger partial charge in [-0.05, 0) is 29.4 Å². The van der Waals surface area contributed by atoms with E-state index >= 15 is 0 Å². The highest BCUT2D eigenvalue weighted by Gasteiger charge is 2.24. The fourth-order valence-electron chi connectivity index (χ4n) is 2.85. The van der Waals surface area contributed by atoms with Gasteiger partial charge in [0, 0.05) is 6.54 Å². The van der Waals surface area contributed by atoms with Crippen molar-refractivity contribution in [1.82, 2.24) is 4.72 Å². The molecule has 1 aromatic carbocycles. The van der Waals surface area contributed by atoms with Gasteiger partial charge in [-0.25, -0.2) is 13.1 Å². The largest absolute Gasteiger partial charge is 0.392 e. The standard InChI is InChI=1S/C15H23NO3S/c1-12-4-2-7-15(12)9-16-20(18,19)11-14-6-3-5-13(8-14)10-17/h3,5-6,8,12,15-17H,2,4,7,9-11H2,1H3.